The molecule has 28 heavy (non-hydrogen) atoms. The van der Waals surface area contributed by atoms with Crippen molar-refractivity contribution in [1.29, 1.82) is 0 Å². The summed E-state index contributed by atoms with van der Waals surface area (Å²) in [6, 6.07) is 11.3. The Kier molecular flexibility index (Phi) is 7.50. The van der Waals surface area contributed by atoms with E-state index in [-0.39, 0.29) is 18.6 Å². The number of rotatable bonds is 8. The summed E-state index contributed by atoms with van der Waals surface area (Å²) in [6.07, 6.45) is 0. The highest BCUT2D eigenvalue weighted by molar-refractivity contribution is 5.97. The minimum absolute atomic E-state index is 0.253. The van der Waals surface area contributed by atoms with Crippen LogP contribution in [-0.2, 0) is 0 Å². The monoisotopic (exact) mass is 387 g/mol. The lowest BCUT2D eigenvalue weighted by Gasteiger charge is -2.18. The normalized spacial score (nSPS) is 11.1. The highest BCUT2D eigenvalue weighted by atomic mass is 16.5. The zero-order valence-corrected chi connectivity index (χ0v) is 16.4. The van der Waals surface area contributed by atoms with Gasteiger partial charge < -0.3 is 30.2 Å². The first-order valence-corrected chi connectivity index (χ1v) is 8.72. The number of benzene rings is 2. The van der Waals surface area contributed by atoms with Crippen molar-refractivity contribution in [2.24, 2.45) is 0 Å². The number of urea groups is 1. The van der Waals surface area contributed by atoms with Crippen molar-refractivity contribution in [3.8, 4) is 17.2 Å². The lowest BCUT2D eigenvalue weighted by molar-refractivity contribution is 0.0963. The van der Waals surface area contributed by atoms with Crippen molar-refractivity contribution < 1.29 is 23.8 Å². The van der Waals surface area contributed by atoms with E-state index in [9.17, 15) is 9.59 Å². The average Bonchev–Trinajstić information content (AvgIpc) is 2.71. The molecule has 0 saturated carbocycles. The van der Waals surface area contributed by atoms with E-state index < -0.39 is 6.03 Å². The fourth-order valence-corrected chi connectivity index (χ4v) is 2.47. The van der Waals surface area contributed by atoms with Gasteiger partial charge in [-0.05, 0) is 37.3 Å². The second-order valence-corrected chi connectivity index (χ2v) is 5.96. The molecule has 2 aromatic rings. The van der Waals surface area contributed by atoms with Gasteiger partial charge in [-0.1, -0.05) is 12.1 Å². The summed E-state index contributed by atoms with van der Waals surface area (Å²) in [5.41, 5.74) is 0.796. The van der Waals surface area contributed by atoms with Crippen molar-refractivity contribution in [2.75, 3.05) is 33.2 Å². The van der Waals surface area contributed by atoms with E-state index in [4.69, 9.17) is 14.2 Å². The van der Waals surface area contributed by atoms with Crippen LogP contribution in [-0.4, -0.2) is 45.9 Å². The van der Waals surface area contributed by atoms with E-state index in [1.54, 1.807) is 37.4 Å². The molecule has 0 fully saturated rings. The molecular formula is C20H25N3O5. The molecule has 0 aliphatic carbocycles. The lowest BCUT2D eigenvalue weighted by atomic mass is 10.1. The molecule has 3 N–H and O–H groups in total. The molecule has 2 aromatic carbocycles. The summed E-state index contributed by atoms with van der Waals surface area (Å²) in [4.78, 5) is 24.1. The molecule has 0 aliphatic heterocycles. The van der Waals surface area contributed by atoms with Gasteiger partial charge in [0.2, 0.25) is 0 Å². The predicted molar refractivity (Wildman–Crippen MR) is 106 cm³/mol. The molecule has 0 spiro atoms. The zero-order chi connectivity index (χ0) is 20.5. The van der Waals surface area contributed by atoms with Crippen LogP contribution in [0.25, 0.3) is 0 Å². The number of hydrogen-bond donors (Lipinski definition) is 3. The fourth-order valence-electron chi connectivity index (χ4n) is 2.47. The van der Waals surface area contributed by atoms with Crippen LogP contribution in [0.3, 0.4) is 0 Å². The maximum Gasteiger partial charge on any atom is 0.319 e. The van der Waals surface area contributed by atoms with Crippen LogP contribution in [0.5, 0.6) is 17.2 Å². The van der Waals surface area contributed by atoms with Crippen LogP contribution >= 0.6 is 0 Å². The third-order valence-electron chi connectivity index (χ3n) is 3.87. The van der Waals surface area contributed by atoms with Gasteiger partial charge in [0.1, 0.15) is 12.4 Å². The summed E-state index contributed by atoms with van der Waals surface area (Å²) >= 11 is 0. The second kappa shape index (κ2) is 10.1. The third-order valence-corrected chi connectivity index (χ3v) is 3.87. The molecule has 0 saturated heterocycles. The molecule has 8 nitrogen and oxygen atoms in total. The number of para-hydroxylation sites is 2. The molecule has 1 atom stereocenters. The number of hydrogen-bond acceptors (Lipinski definition) is 5. The number of ether oxygens (including phenoxy) is 3. The Morgan fingerprint density at radius 2 is 1.68 bits per heavy atom. The molecule has 0 heterocycles. The first kappa shape index (κ1) is 20.9. The molecule has 3 amide bonds. The van der Waals surface area contributed by atoms with Crippen LogP contribution in [0.2, 0.25) is 0 Å². The molecule has 0 radical (unpaired) electrons. The van der Waals surface area contributed by atoms with Crippen LogP contribution in [0.15, 0.2) is 42.5 Å². The van der Waals surface area contributed by atoms with Crippen LogP contribution in [0.4, 0.5) is 10.5 Å². The van der Waals surface area contributed by atoms with E-state index in [0.29, 0.717) is 28.5 Å². The number of methoxy groups -OCH3 is 2. The van der Waals surface area contributed by atoms with E-state index in [2.05, 4.69) is 16.0 Å². The van der Waals surface area contributed by atoms with Crippen molar-refractivity contribution in [3.05, 3.63) is 48.0 Å². The van der Waals surface area contributed by atoms with Crippen molar-refractivity contribution >= 4 is 17.6 Å². The van der Waals surface area contributed by atoms with Gasteiger partial charge in [0.25, 0.3) is 5.91 Å². The second-order valence-electron chi connectivity index (χ2n) is 5.96. The smallest absolute Gasteiger partial charge is 0.319 e. The number of amides is 3. The van der Waals surface area contributed by atoms with Gasteiger partial charge in [0.15, 0.2) is 11.5 Å². The summed E-state index contributed by atoms with van der Waals surface area (Å²) < 4.78 is 16.2. The highest BCUT2D eigenvalue weighted by Gasteiger charge is 2.14. The molecule has 8 heteroatoms. The molecule has 0 aromatic heterocycles. The Labute approximate surface area is 164 Å². The summed E-state index contributed by atoms with van der Waals surface area (Å²) in [7, 11) is 4.59. The lowest BCUT2D eigenvalue weighted by Crippen LogP contribution is -2.39. The van der Waals surface area contributed by atoms with Gasteiger partial charge in [-0.25, -0.2) is 4.79 Å². The van der Waals surface area contributed by atoms with Crippen LogP contribution in [0.1, 0.15) is 17.3 Å². The Morgan fingerprint density at radius 3 is 2.32 bits per heavy atom. The van der Waals surface area contributed by atoms with Gasteiger partial charge >= 0.3 is 6.03 Å². The Morgan fingerprint density at radius 1 is 1.00 bits per heavy atom. The standard InChI is InChI=1S/C20H25N3O5/c1-13(12-28-18-8-6-5-7-17(18)27-4)22-20(25)23-15-11-14(19(24)21-2)9-10-16(15)26-3/h5-11,13H,12H2,1-4H3,(H,21,24)(H2,22,23,25)/t13-/m1/s1. The van der Waals surface area contributed by atoms with Gasteiger partial charge in [-0.15, -0.1) is 0 Å². The fraction of sp³-hybridized carbons (Fsp3) is 0.300. The van der Waals surface area contributed by atoms with Gasteiger partial charge in [-0.3, -0.25) is 4.79 Å². The van der Waals surface area contributed by atoms with E-state index >= 15 is 0 Å². The number of nitrogens with one attached hydrogen (secondary N) is 3. The Bertz CT molecular complexity index is 825. The van der Waals surface area contributed by atoms with Crippen molar-refractivity contribution in [3.63, 3.8) is 0 Å². The van der Waals surface area contributed by atoms with Crippen molar-refractivity contribution in [2.45, 2.75) is 13.0 Å². The van der Waals surface area contributed by atoms with Crippen molar-refractivity contribution in [1.82, 2.24) is 10.6 Å². The topological polar surface area (TPSA) is 97.9 Å². The zero-order valence-electron chi connectivity index (χ0n) is 16.4. The van der Waals surface area contributed by atoms with E-state index in [1.165, 1.54) is 14.2 Å². The highest BCUT2D eigenvalue weighted by Crippen LogP contribution is 2.26. The predicted octanol–water partition coefficient (Wildman–Crippen LogP) is 2.65. The SMILES string of the molecule is CNC(=O)c1ccc(OC)c(NC(=O)N[C@H](C)COc2ccccc2OC)c1. The van der Waals surface area contributed by atoms with Gasteiger partial charge in [0.05, 0.1) is 25.9 Å². The third kappa shape index (κ3) is 5.54. The maximum atomic E-state index is 12.3. The minimum Gasteiger partial charge on any atom is -0.495 e. The molecule has 150 valence electrons. The number of anilines is 1. The number of carbonyl (C=O) groups is 2. The Hall–Kier alpha value is -3.42. The van der Waals surface area contributed by atoms with Gasteiger partial charge in [0, 0.05) is 12.6 Å². The molecule has 0 bridgehead atoms. The summed E-state index contributed by atoms with van der Waals surface area (Å²) in [6.45, 7) is 2.07. The first-order valence-electron chi connectivity index (χ1n) is 8.72. The maximum absolute atomic E-state index is 12.3. The molecular weight excluding hydrogens is 362 g/mol. The first-order chi connectivity index (χ1) is 13.5. The Balaban J connectivity index is 1.96. The van der Waals surface area contributed by atoms with Crippen LogP contribution < -0.4 is 30.2 Å². The average molecular weight is 387 g/mol. The number of carbonyl (C=O) groups excluding carboxylic acids is 2. The molecule has 0 aliphatic rings. The quantitative estimate of drug-likeness (QED) is 0.647. The summed E-state index contributed by atoms with van der Waals surface area (Å²) in [5, 5.41) is 8.01. The minimum atomic E-state index is -0.441. The summed E-state index contributed by atoms with van der Waals surface area (Å²) in [5.74, 6) is 1.40. The van der Waals surface area contributed by atoms with E-state index in [1.807, 2.05) is 19.1 Å². The molecule has 0 unspecified atom stereocenters. The molecule has 2 rings (SSSR count). The van der Waals surface area contributed by atoms with Gasteiger partial charge in [-0.2, -0.15) is 0 Å². The van der Waals surface area contributed by atoms with E-state index in [0.717, 1.165) is 0 Å². The van der Waals surface area contributed by atoms with Crippen LogP contribution in [0, 0.1) is 0 Å². The largest absolute Gasteiger partial charge is 0.495 e.